The van der Waals surface area contributed by atoms with Gasteiger partial charge in [0.1, 0.15) is 6.04 Å². The Morgan fingerprint density at radius 1 is 1.18 bits per heavy atom. The molecule has 2 amide bonds. The summed E-state index contributed by atoms with van der Waals surface area (Å²) < 4.78 is 5.47. The molecule has 0 aliphatic carbocycles. The fraction of sp³-hybridized carbons (Fsp3) is 0.800. The van der Waals surface area contributed by atoms with E-state index in [2.05, 4.69) is 5.32 Å². The van der Waals surface area contributed by atoms with Crippen LogP contribution in [-0.4, -0.2) is 60.1 Å². The number of carbonyl (C=O) groups excluding carboxylic acids is 2. The summed E-state index contributed by atoms with van der Waals surface area (Å²) in [6.07, 6.45) is 0.997. The molecule has 1 atom stereocenters. The molecule has 22 heavy (non-hydrogen) atoms. The van der Waals surface area contributed by atoms with Gasteiger partial charge in [0.05, 0.1) is 5.60 Å². The summed E-state index contributed by atoms with van der Waals surface area (Å²) in [4.78, 5) is 35.7. The molecule has 0 bridgehead atoms. The first kappa shape index (κ1) is 20.4. The molecule has 0 spiro atoms. The molecule has 0 aromatic rings. The third-order valence-electron chi connectivity index (χ3n) is 2.87. The number of nitrogens with zero attached hydrogens (tertiary/aromatic N) is 1. The number of amides is 2. The van der Waals surface area contributed by atoms with Gasteiger partial charge in [0.2, 0.25) is 11.8 Å². The molecule has 0 aromatic heterocycles. The summed E-state index contributed by atoms with van der Waals surface area (Å²) in [5, 5.41) is 11.6. The highest BCUT2D eigenvalue weighted by atomic mass is 16.5. The Hall–Kier alpha value is -1.63. The number of hydrogen-bond donors (Lipinski definition) is 2. The first-order chi connectivity index (χ1) is 10.0. The highest BCUT2D eigenvalue weighted by Gasteiger charge is 2.21. The lowest BCUT2D eigenvalue weighted by Crippen LogP contribution is -2.42. The first-order valence-corrected chi connectivity index (χ1v) is 7.39. The molecule has 128 valence electrons. The molecule has 0 aromatic carbocycles. The first-order valence-electron chi connectivity index (χ1n) is 7.39. The summed E-state index contributed by atoms with van der Waals surface area (Å²) in [6, 6.07) is -0.973. The molecule has 0 radical (unpaired) electrons. The van der Waals surface area contributed by atoms with E-state index in [0.29, 0.717) is 6.42 Å². The van der Waals surface area contributed by atoms with E-state index in [1.807, 2.05) is 20.8 Å². The van der Waals surface area contributed by atoms with Gasteiger partial charge in [-0.2, -0.15) is 0 Å². The molecule has 0 rings (SSSR count). The minimum absolute atomic E-state index is 0.0545. The van der Waals surface area contributed by atoms with Crippen LogP contribution in [0.5, 0.6) is 0 Å². The van der Waals surface area contributed by atoms with Gasteiger partial charge < -0.3 is 20.1 Å². The Balaban J connectivity index is 4.14. The zero-order valence-electron chi connectivity index (χ0n) is 14.1. The molecule has 0 saturated carbocycles. The second kappa shape index (κ2) is 9.40. The topological polar surface area (TPSA) is 95.9 Å². The molecule has 0 saturated heterocycles. The Morgan fingerprint density at radius 3 is 2.23 bits per heavy atom. The molecule has 7 nitrogen and oxygen atoms in total. The van der Waals surface area contributed by atoms with Gasteiger partial charge in [-0.25, -0.2) is 4.79 Å². The van der Waals surface area contributed by atoms with Gasteiger partial charge in [-0.05, 0) is 27.2 Å². The van der Waals surface area contributed by atoms with E-state index < -0.39 is 12.0 Å². The standard InChI is InChI=1S/C15H28N2O5/c1-15(2,3)22-10-9-11(14(20)21)16-12(18)7-6-8-13(19)17(4)5/h11H,6-10H2,1-5H3,(H,16,18)(H,20,21). The van der Waals surface area contributed by atoms with Crippen molar-refractivity contribution in [2.24, 2.45) is 0 Å². The lowest BCUT2D eigenvalue weighted by Gasteiger charge is -2.21. The quantitative estimate of drug-likeness (QED) is 0.662. The largest absolute Gasteiger partial charge is 0.480 e. The second-order valence-electron chi connectivity index (χ2n) is 6.35. The summed E-state index contributed by atoms with van der Waals surface area (Å²) in [7, 11) is 3.30. The normalized spacial score (nSPS) is 12.6. The molecule has 2 N–H and O–H groups in total. The molecule has 0 aliphatic heterocycles. The van der Waals surface area contributed by atoms with Gasteiger partial charge in [-0.3, -0.25) is 9.59 Å². The maximum Gasteiger partial charge on any atom is 0.326 e. The molecular formula is C15H28N2O5. The van der Waals surface area contributed by atoms with Crippen LogP contribution in [0.3, 0.4) is 0 Å². The van der Waals surface area contributed by atoms with Crippen molar-refractivity contribution in [3.63, 3.8) is 0 Å². The summed E-state index contributed by atoms with van der Waals surface area (Å²) in [5.41, 5.74) is -0.348. The highest BCUT2D eigenvalue weighted by molar-refractivity contribution is 5.84. The third kappa shape index (κ3) is 10.1. The van der Waals surface area contributed by atoms with Crippen molar-refractivity contribution in [1.82, 2.24) is 10.2 Å². The van der Waals surface area contributed by atoms with E-state index in [1.165, 1.54) is 4.90 Å². The second-order valence-corrected chi connectivity index (χ2v) is 6.35. The lowest BCUT2D eigenvalue weighted by atomic mass is 10.1. The maximum atomic E-state index is 11.7. The minimum Gasteiger partial charge on any atom is -0.480 e. The van der Waals surface area contributed by atoms with Gasteiger partial charge in [0.25, 0.3) is 0 Å². The molecule has 0 fully saturated rings. The van der Waals surface area contributed by atoms with Crippen LogP contribution in [0.1, 0.15) is 46.5 Å². The van der Waals surface area contributed by atoms with Crippen LogP contribution in [-0.2, 0) is 19.1 Å². The number of hydrogen-bond acceptors (Lipinski definition) is 4. The molecule has 1 unspecified atom stereocenters. The van der Waals surface area contributed by atoms with Crippen LogP contribution in [0.2, 0.25) is 0 Å². The van der Waals surface area contributed by atoms with E-state index in [0.717, 1.165) is 0 Å². The van der Waals surface area contributed by atoms with E-state index in [9.17, 15) is 14.4 Å². The van der Waals surface area contributed by atoms with Crippen LogP contribution < -0.4 is 5.32 Å². The fourth-order valence-corrected chi connectivity index (χ4v) is 1.63. The van der Waals surface area contributed by atoms with Gasteiger partial charge in [0.15, 0.2) is 0 Å². The molecule has 0 heterocycles. The zero-order valence-corrected chi connectivity index (χ0v) is 14.1. The van der Waals surface area contributed by atoms with E-state index in [4.69, 9.17) is 9.84 Å². The average molecular weight is 316 g/mol. The number of carboxylic acids is 1. The van der Waals surface area contributed by atoms with Crippen molar-refractivity contribution in [2.45, 2.75) is 58.1 Å². The summed E-state index contributed by atoms with van der Waals surface area (Å²) >= 11 is 0. The maximum absolute atomic E-state index is 11.7. The SMILES string of the molecule is CN(C)C(=O)CCCC(=O)NC(CCOC(C)(C)C)C(=O)O. The number of ether oxygens (including phenoxy) is 1. The van der Waals surface area contributed by atoms with Crippen molar-refractivity contribution in [3.8, 4) is 0 Å². The average Bonchev–Trinajstić information content (AvgIpc) is 2.35. The van der Waals surface area contributed by atoms with Crippen LogP contribution in [0.25, 0.3) is 0 Å². The Kier molecular flexibility index (Phi) is 8.70. The predicted octanol–water partition coefficient (Wildman–Crippen LogP) is 1.02. The predicted molar refractivity (Wildman–Crippen MR) is 82.4 cm³/mol. The Morgan fingerprint density at radius 2 is 1.77 bits per heavy atom. The molecule has 0 aliphatic rings. The summed E-state index contributed by atoms with van der Waals surface area (Å²) in [6.45, 7) is 5.88. The minimum atomic E-state index is -1.09. The number of rotatable bonds is 9. The van der Waals surface area contributed by atoms with Crippen molar-refractivity contribution in [1.29, 1.82) is 0 Å². The van der Waals surface area contributed by atoms with Crippen molar-refractivity contribution >= 4 is 17.8 Å². The summed E-state index contributed by atoms with van der Waals surface area (Å²) in [5.74, 6) is -1.51. The van der Waals surface area contributed by atoms with Gasteiger partial charge >= 0.3 is 5.97 Å². The van der Waals surface area contributed by atoms with Crippen molar-refractivity contribution in [3.05, 3.63) is 0 Å². The van der Waals surface area contributed by atoms with Crippen LogP contribution in [0.4, 0.5) is 0 Å². The molecule has 7 heteroatoms. The Bertz CT molecular complexity index is 388. The fourth-order valence-electron chi connectivity index (χ4n) is 1.63. The monoisotopic (exact) mass is 316 g/mol. The highest BCUT2D eigenvalue weighted by Crippen LogP contribution is 2.08. The number of aliphatic carboxylic acids is 1. The number of nitrogens with one attached hydrogen (secondary N) is 1. The lowest BCUT2D eigenvalue weighted by molar-refractivity contribution is -0.143. The zero-order chi connectivity index (χ0) is 17.3. The molecular weight excluding hydrogens is 288 g/mol. The van der Waals surface area contributed by atoms with Crippen LogP contribution in [0.15, 0.2) is 0 Å². The van der Waals surface area contributed by atoms with Gasteiger partial charge in [0, 0.05) is 40.0 Å². The van der Waals surface area contributed by atoms with E-state index >= 15 is 0 Å². The van der Waals surface area contributed by atoms with E-state index in [-0.39, 0.29) is 43.3 Å². The number of carboxylic acid groups (broad SMARTS) is 1. The third-order valence-corrected chi connectivity index (χ3v) is 2.87. The smallest absolute Gasteiger partial charge is 0.326 e. The van der Waals surface area contributed by atoms with Crippen LogP contribution in [0, 0.1) is 0 Å². The van der Waals surface area contributed by atoms with Gasteiger partial charge in [-0.1, -0.05) is 0 Å². The van der Waals surface area contributed by atoms with Crippen LogP contribution >= 0.6 is 0 Å². The van der Waals surface area contributed by atoms with Crippen molar-refractivity contribution < 1.29 is 24.2 Å². The number of carbonyl (C=O) groups is 3. The van der Waals surface area contributed by atoms with E-state index in [1.54, 1.807) is 14.1 Å². The van der Waals surface area contributed by atoms with Gasteiger partial charge in [-0.15, -0.1) is 0 Å². The Labute approximate surface area is 132 Å². The van der Waals surface area contributed by atoms with Crippen molar-refractivity contribution in [2.75, 3.05) is 20.7 Å².